The van der Waals surface area contributed by atoms with Gasteiger partial charge in [0.15, 0.2) is 0 Å². The maximum Gasteiger partial charge on any atom is 0.257 e. The van der Waals surface area contributed by atoms with E-state index in [0.717, 1.165) is 17.0 Å². The molecule has 2 aromatic carbocycles. The quantitative estimate of drug-likeness (QED) is 0.429. The Morgan fingerprint density at radius 2 is 1.67 bits per heavy atom. The summed E-state index contributed by atoms with van der Waals surface area (Å²) in [6, 6.07) is 23.4. The van der Waals surface area contributed by atoms with Crippen LogP contribution in [0.2, 0.25) is 0 Å². The predicted molar refractivity (Wildman–Crippen MR) is 125 cm³/mol. The van der Waals surface area contributed by atoms with E-state index in [1.807, 2.05) is 42.5 Å². The van der Waals surface area contributed by atoms with Crippen LogP contribution >= 0.6 is 0 Å². The first-order chi connectivity index (χ1) is 16.2. The van der Waals surface area contributed by atoms with Crippen LogP contribution in [0.4, 0.5) is 5.69 Å². The lowest BCUT2D eigenvalue weighted by Gasteiger charge is -2.09. The first kappa shape index (κ1) is 21.7. The second-order valence-electron chi connectivity index (χ2n) is 7.21. The van der Waals surface area contributed by atoms with Gasteiger partial charge in [0.1, 0.15) is 12.4 Å². The first-order valence-electron chi connectivity index (χ1n) is 10.4. The summed E-state index contributed by atoms with van der Waals surface area (Å²) in [5, 5.41) is 5.67. The third-order valence-corrected chi connectivity index (χ3v) is 4.80. The van der Waals surface area contributed by atoms with Crippen molar-refractivity contribution in [2.45, 2.75) is 13.2 Å². The lowest BCUT2D eigenvalue weighted by molar-refractivity contribution is 0.0949. The maximum absolute atomic E-state index is 12.6. The molecule has 2 aromatic heterocycles. The van der Waals surface area contributed by atoms with Crippen molar-refractivity contribution in [3.05, 3.63) is 120 Å². The number of amides is 2. The van der Waals surface area contributed by atoms with Gasteiger partial charge in [-0.05, 0) is 60.2 Å². The molecule has 4 aromatic rings. The van der Waals surface area contributed by atoms with Crippen molar-refractivity contribution in [3.8, 4) is 5.75 Å². The van der Waals surface area contributed by atoms with Crippen LogP contribution in [0.3, 0.4) is 0 Å². The van der Waals surface area contributed by atoms with E-state index in [2.05, 4.69) is 20.6 Å². The number of benzene rings is 2. The van der Waals surface area contributed by atoms with Gasteiger partial charge in [-0.3, -0.25) is 19.6 Å². The van der Waals surface area contributed by atoms with Gasteiger partial charge in [0.2, 0.25) is 0 Å². The van der Waals surface area contributed by atoms with E-state index in [1.165, 1.54) is 6.20 Å². The molecule has 0 unspecified atom stereocenters. The van der Waals surface area contributed by atoms with E-state index in [4.69, 9.17) is 4.74 Å². The number of aromatic nitrogens is 2. The Balaban J connectivity index is 1.29. The number of ether oxygens (including phenoxy) is 1. The van der Waals surface area contributed by atoms with E-state index >= 15 is 0 Å². The highest BCUT2D eigenvalue weighted by atomic mass is 16.5. The van der Waals surface area contributed by atoms with Gasteiger partial charge in [-0.15, -0.1) is 0 Å². The molecule has 0 aliphatic rings. The van der Waals surface area contributed by atoms with E-state index in [1.54, 1.807) is 48.8 Å². The molecule has 2 N–H and O–H groups in total. The average molecular weight is 438 g/mol. The molecule has 0 aliphatic heterocycles. The summed E-state index contributed by atoms with van der Waals surface area (Å²) in [7, 11) is 0. The molecule has 7 heteroatoms. The molecule has 0 atom stereocenters. The number of nitrogens with zero attached hydrogens (tertiary/aromatic N) is 2. The summed E-state index contributed by atoms with van der Waals surface area (Å²) < 4.78 is 5.73. The number of pyridine rings is 2. The van der Waals surface area contributed by atoms with Crippen molar-refractivity contribution in [2.24, 2.45) is 0 Å². The summed E-state index contributed by atoms with van der Waals surface area (Å²) in [5.41, 5.74) is 3.22. The van der Waals surface area contributed by atoms with Crippen LogP contribution < -0.4 is 15.4 Å². The second-order valence-corrected chi connectivity index (χ2v) is 7.21. The Bertz CT molecular complexity index is 1210. The zero-order valence-electron chi connectivity index (χ0n) is 17.8. The molecule has 164 valence electrons. The molecular weight excluding hydrogens is 416 g/mol. The number of hydrogen-bond donors (Lipinski definition) is 2. The number of hydrogen-bond acceptors (Lipinski definition) is 5. The highest BCUT2D eigenvalue weighted by molar-refractivity contribution is 6.04. The van der Waals surface area contributed by atoms with Crippen LogP contribution in [0, 0.1) is 0 Å². The van der Waals surface area contributed by atoms with Gasteiger partial charge in [-0.1, -0.05) is 24.3 Å². The van der Waals surface area contributed by atoms with Crippen molar-refractivity contribution < 1.29 is 14.3 Å². The minimum absolute atomic E-state index is 0.233. The fourth-order valence-corrected chi connectivity index (χ4v) is 3.07. The molecule has 2 amide bonds. The molecule has 0 spiro atoms. The molecule has 0 bridgehead atoms. The number of carbonyl (C=O) groups excluding carboxylic acids is 2. The summed E-state index contributed by atoms with van der Waals surface area (Å²) in [5.74, 6) is 0.210. The SMILES string of the molecule is O=C(NCc1ccc(OCc2ccccn2)cc1)c1cccc(NC(=O)c2cccnc2)c1. The smallest absolute Gasteiger partial charge is 0.257 e. The Labute approximate surface area is 191 Å². The second kappa shape index (κ2) is 10.7. The molecule has 2 heterocycles. The van der Waals surface area contributed by atoms with Crippen molar-refractivity contribution in [1.29, 1.82) is 0 Å². The number of rotatable bonds is 8. The van der Waals surface area contributed by atoms with Gasteiger partial charge < -0.3 is 15.4 Å². The van der Waals surface area contributed by atoms with Gasteiger partial charge in [0.05, 0.1) is 11.3 Å². The predicted octanol–water partition coefficient (Wildman–Crippen LogP) is 4.24. The number of carbonyl (C=O) groups is 2. The summed E-state index contributed by atoms with van der Waals surface area (Å²) in [6.07, 6.45) is 4.82. The molecule has 4 rings (SSSR count). The van der Waals surface area contributed by atoms with E-state index in [0.29, 0.717) is 30.0 Å². The van der Waals surface area contributed by atoms with Gasteiger partial charge >= 0.3 is 0 Å². The van der Waals surface area contributed by atoms with Crippen molar-refractivity contribution >= 4 is 17.5 Å². The summed E-state index contributed by atoms with van der Waals surface area (Å²) >= 11 is 0. The molecule has 0 aliphatic carbocycles. The van der Waals surface area contributed by atoms with Crippen LogP contribution in [0.1, 0.15) is 32.0 Å². The Kier molecular flexibility index (Phi) is 7.02. The Morgan fingerprint density at radius 1 is 0.818 bits per heavy atom. The molecule has 33 heavy (non-hydrogen) atoms. The zero-order chi connectivity index (χ0) is 22.9. The molecule has 0 radical (unpaired) electrons. The highest BCUT2D eigenvalue weighted by Crippen LogP contribution is 2.15. The van der Waals surface area contributed by atoms with Crippen LogP contribution in [-0.4, -0.2) is 21.8 Å². The fraction of sp³-hybridized carbons (Fsp3) is 0.0769. The summed E-state index contributed by atoms with van der Waals surface area (Å²) in [6.45, 7) is 0.760. The van der Waals surface area contributed by atoms with Crippen LogP contribution in [0.25, 0.3) is 0 Å². The van der Waals surface area contributed by atoms with Crippen LogP contribution in [0.5, 0.6) is 5.75 Å². The molecular formula is C26H22N4O3. The monoisotopic (exact) mass is 438 g/mol. The van der Waals surface area contributed by atoms with Crippen LogP contribution in [-0.2, 0) is 13.2 Å². The maximum atomic E-state index is 12.6. The fourth-order valence-electron chi connectivity index (χ4n) is 3.07. The minimum atomic E-state index is -0.286. The van der Waals surface area contributed by atoms with Gasteiger partial charge in [0.25, 0.3) is 11.8 Å². The number of anilines is 1. The van der Waals surface area contributed by atoms with E-state index in [9.17, 15) is 9.59 Å². The van der Waals surface area contributed by atoms with Gasteiger partial charge in [-0.25, -0.2) is 0 Å². The lowest BCUT2D eigenvalue weighted by Crippen LogP contribution is -2.23. The Hall–Kier alpha value is -4.52. The molecule has 7 nitrogen and oxygen atoms in total. The zero-order valence-corrected chi connectivity index (χ0v) is 17.8. The van der Waals surface area contributed by atoms with Gasteiger partial charge in [0, 0.05) is 36.4 Å². The number of nitrogens with one attached hydrogen (secondary N) is 2. The van der Waals surface area contributed by atoms with E-state index < -0.39 is 0 Å². The minimum Gasteiger partial charge on any atom is -0.487 e. The first-order valence-corrected chi connectivity index (χ1v) is 10.4. The van der Waals surface area contributed by atoms with E-state index in [-0.39, 0.29) is 11.8 Å². The standard InChI is InChI=1S/C26H22N4O3/c31-25(20-5-3-8-22(15-20)30-26(32)21-6-4-13-27-17-21)29-16-19-9-11-24(12-10-19)33-18-23-7-1-2-14-28-23/h1-15,17H,16,18H2,(H,29,31)(H,30,32). The molecule has 0 saturated carbocycles. The average Bonchev–Trinajstić information content (AvgIpc) is 2.88. The van der Waals surface area contributed by atoms with Crippen molar-refractivity contribution in [1.82, 2.24) is 15.3 Å². The van der Waals surface area contributed by atoms with Crippen molar-refractivity contribution in [2.75, 3.05) is 5.32 Å². The molecule has 0 saturated heterocycles. The van der Waals surface area contributed by atoms with Crippen LogP contribution in [0.15, 0.2) is 97.5 Å². The third kappa shape index (κ3) is 6.24. The topological polar surface area (TPSA) is 93.2 Å². The normalized spacial score (nSPS) is 10.3. The molecule has 0 fully saturated rings. The van der Waals surface area contributed by atoms with Gasteiger partial charge in [-0.2, -0.15) is 0 Å². The Morgan fingerprint density at radius 3 is 2.42 bits per heavy atom. The lowest BCUT2D eigenvalue weighted by atomic mass is 10.1. The largest absolute Gasteiger partial charge is 0.487 e. The summed E-state index contributed by atoms with van der Waals surface area (Å²) in [4.78, 5) is 33.1. The third-order valence-electron chi connectivity index (χ3n) is 4.80. The highest BCUT2D eigenvalue weighted by Gasteiger charge is 2.09. The van der Waals surface area contributed by atoms with Crippen molar-refractivity contribution in [3.63, 3.8) is 0 Å².